The van der Waals surface area contributed by atoms with Crippen LogP contribution in [0.1, 0.15) is 17.0 Å². The smallest absolute Gasteiger partial charge is 0.307 e. The Morgan fingerprint density at radius 2 is 1.96 bits per heavy atom. The lowest BCUT2D eigenvalue weighted by atomic mass is 10.3. The molecule has 2 heterocycles. The molecule has 0 aliphatic carbocycles. The summed E-state index contributed by atoms with van der Waals surface area (Å²) in [7, 11) is 2.88. The number of nitrogens with zero attached hydrogens (tertiary/aromatic N) is 2. The van der Waals surface area contributed by atoms with Crippen LogP contribution in [0.5, 0.6) is 0 Å². The van der Waals surface area contributed by atoms with Crippen molar-refractivity contribution in [3.8, 4) is 10.8 Å². The average molecular weight is 388 g/mol. The molecular weight excluding hydrogens is 368 g/mol. The number of benzene rings is 1. The molecule has 0 radical (unpaired) electrons. The zero-order valence-electron chi connectivity index (χ0n) is 15.1. The molecule has 0 aliphatic heterocycles. The molecule has 0 unspecified atom stereocenters. The summed E-state index contributed by atoms with van der Waals surface area (Å²) in [5, 5.41) is 0.716. The van der Waals surface area contributed by atoms with Gasteiger partial charge in [-0.1, -0.05) is 12.1 Å². The Morgan fingerprint density at radius 1 is 1.15 bits per heavy atom. The van der Waals surface area contributed by atoms with Crippen molar-refractivity contribution >= 4 is 33.4 Å². The molecule has 0 saturated carbocycles. The van der Waals surface area contributed by atoms with E-state index in [4.69, 9.17) is 9.15 Å². The summed E-state index contributed by atoms with van der Waals surface area (Å²) in [5.41, 5.74) is 0.890. The number of carbonyl (C=O) groups is 2. The van der Waals surface area contributed by atoms with Crippen molar-refractivity contribution in [1.29, 1.82) is 0 Å². The van der Waals surface area contributed by atoms with Gasteiger partial charge in [0.2, 0.25) is 0 Å². The quantitative estimate of drug-likeness (QED) is 0.551. The molecule has 2 aromatic heterocycles. The number of para-hydroxylation sites is 1. The number of fused-ring (bicyclic) bond motifs is 1. The summed E-state index contributed by atoms with van der Waals surface area (Å²) in [6, 6.07) is 11.2. The van der Waals surface area contributed by atoms with Gasteiger partial charge in [0.25, 0.3) is 5.91 Å². The van der Waals surface area contributed by atoms with Gasteiger partial charge >= 0.3 is 5.97 Å². The highest BCUT2D eigenvalue weighted by Gasteiger charge is 2.21. The zero-order chi connectivity index (χ0) is 19.2. The van der Waals surface area contributed by atoms with Crippen molar-refractivity contribution < 1.29 is 23.5 Å². The lowest BCUT2D eigenvalue weighted by Crippen LogP contribution is -2.35. The highest BCUT2D eigenvalue weighted by atomic mass is 32.1. The fourth-order valence-corrected chi connectivity index (χ4v) is 3.47. The van der Waals surface area contributed by atoms with Crippen molar-refractivity contribution in [2.45, 2.75) is 6.42 Å². The second kappa shape index (κ2) is 8.79. The van der Waals surface area contributed by atoms with E-state index in [2.05, 4.69) is 9.72 Å². The fraction of sp³-hybridized carbons (Fsp3) is 0.316. The molecule has 0 bridgehead atoms. The van der Waals surface area contributed by atoms with Crippen molar-refractivity contribution in [1.82, 2.24) is 9.88 Å². The van der Waals surface area contributed by atoms with Gasteiger partial charge in [0, 0.05) is 20.2 Å². The first-order valence-corrected chi connectivity index (χ1v) is 9.25. The first-order valence-electron chi connectivity index (χ1n) is 8.43. The van der Waals surface area contributed by atoms with Gasteiger partial charge in [-0.25, -0.2) is 4.98 Å². The van der Waals surface area contributed by atoms with E-state index in [-0.39, 0.29) is 30.6 Å². The maximum absolute atomic E-state index is 12.8. The minimum atomic E-state index is -0.375. The van der Waals surface area contributed by atoms with E-state index in [1.807, 2.05) is 24.3 Å². The summed E-state index contributed by atoms with van der Waals surface area (Å²) < 4.78 is 16.5. The second-order valence-corrected chi connectivity index (χ2v) is 6.79. The summed E-state index contributed by atoms with van der Waals surface area (Å²) >= 11 is 1.50. The van der Waals surface area contributed by atoms with Gasteiger partial charge in [0.05, 0.1) is 30.4 Å². The number of rotatable bonds is 8. The molecule has 0 fully saturated rings. The van der Waals surface area contributed by atoms with Crippen LogP contribution in [0.15, 0.2) is 40.8 Å². The third-order valence-electron chi connectivity index (χ3n) is 3.99. The first-order chi connectivity index (χ1) is 13.1. The first kappa shape index (κ1) is 19.1. The number of aromatic nitrogens is 1. The monoisotopic (exact) mass is 388 g/mol. The summed E-state index contributed by atoms with van der Waals surface area (Å²) in [4.78, 5) is 30.2. The molecule has 27 heavy (non-hydrogen) atoms. The maximum Gasteiger partial charge on any atom is 0.307 e. The van der Waals surface area contributed by atoms with Crippen molar-refractivity contribution in [2.24, 2.45) is 0 Å². The highest BCUT2D eigenvalue weighted by Crippen LogP contribution is 2.31. The van der Waals surface area contributed by atoms with Crippen LogP contribution in [0, 0.1) is 0 Å². The largest absolute Gasteiger partial charge is 0.469 e. The Hall–Kier alpha value is -2.71. The Kier molecular flexibility index (Phi) is 6.20. The lowest BCUT2D eigenvalue weighted by Gasteiger charge is -2.20. The van der Waals surface area contributed by atoms with Gasteiger partial charge in [-0.15, -0.1) is 11.3 Å². The Morgan fingerprint density at radius 3 is 2.70 bits per heavy atom. The van der Waals surface area contributed by atoms with Crippen LogP contribution in [0.3, 0.4) is 0 Å². The van der Waals surface area contributed by atoms with Crippen LogP contribution in [-0.2, 0) is 14.3 Å². The number of hydrogen-bond acceptors (Lipinski definition) is 7. The van der Waals surface area contributed by atoms with Crippen molar-refractivity contribution in [2.75, 3.05) is 33.9 Å². The van der Waals surface area contributed by atoms with E-state index in [0.29, 0.717) is 23.9 Å². The van der Waals surface area contributed by atoms with Crippen LogP contribution in [-0.4, -0.2) is 55.7 Å². The van der Waals surface area contributed by atoms with Crippen molar-refractivity contribution in [3.05, 3.63) is 42.2 Å². The average Bonchev–Trinajstić information content (AvgIpc) is 3.34. The number of carbonyl (C=O) groups excluding carboxylic acids is 2. The van der Waals surface area contributed by atoms with E-state index in [1.54, 1.807) is 19.2 Å². The van der Waals surface area contributed by atoms with Gasteiger partial charge in [0.15, 0.2) is 16.5 Å². The van der Waals surface area contributed by atoms with E-state index in [1.165, 1.54) is 23.3 Å². The fourth-order valence-electron chi connectivity index (χ4n) is 2.55. The summed E-state index contributed by atoms with van der Waals surface area (Å²) in [6.45, 7) is 0.938. The van der Waals surface area contributed by atoms with E-state index < -0.39 is 0 Å². The predicted molar refractivity (Wildman–Crippen MR) is 102 cm³/mol. The molecule has 8 heteroatoms. The number of thiazole rings is 1. The Labute approximate surface area is 160 Å². The third-order valence-corrected chi connectivity index (χ3v) is 5.04. The van der Waals surface area contributed by atoms with Gasteiger partial charge < -0.3 is 18.8 Å². The number of methoxy groups -OCH3 is 2. The molecule has 0 aliphatic rings. The standard InChI is InChI=1S/C19H20N2O5S/c1-24-12-11-21(10-9-17(22)25-2)19(23)15-8-7-14(26-15)18-20-13-5-3-4-6-16(13)27-18/h3-8H,9-12H2,1-2H3. The van der Waals surface area contributed by atoms with E-state index in [0.717, 1.165) is 10.2 Å². The van der Waals surface area contributed by atoms with Crippen LogP contribution in [0.4, 0.5) is 0 Å². The number of hydrogen-bond donors (Lipinski definition) is 0. The van der Waals surface area contributed by atoms with Gasteiger partial charge in [0.1, 0.15) is 0 Å². The minimum absolute atomic E-state index is 0.109. The minimum Gasteiger partial charge on any atom is -0.469 e. The molecule has 142 valence electrons. The van der Waals surface area contributed by atoms with Crippen molar-refractivity contribution in [3.63, 3.8) is 0 Å². The van der Waals surface area contributed by atoms with Crippen LogP contribution >= 0.6 is 11.3 Å². The molecule has 0 saturated heterocycles. The molecule has 1 aromatic carbocycles. The van der Waals surface area contributed by atoms with Crippen LogP contribution in [0.25, 0.3) is 21.0 Å². The highest BCUT2D eigenvalue weighted by molar-refractivity contribution is 7.21. The second-order valence-electron chi connectivity index (χ2n) is 5.76. The molecule has 3 aromatic rings. The molecule has 7 nitrogen and oxygen atoms in total. The maximum atomic E-state index is 12.8. The molecule has 1 amide bonds. The Balaban J connectivity index is 1.77. The number of esters is 1. The molecule has 0 spiro atoms. The Bertz CT molecular complexity index is 900. The number of amides is 1. The molecule has 0 N–H and O–H groups in total. The number of furan rings is 1. The summed E-state index contributed by atoms with van der Waals surface area (Å²) in [6.07, 6.45) is 0.109. The molecular formula is C19H20N2O5S. The number of ether oxygens (including phenoxy) is 2. The normalized spacial score (nSPS) is 10.9. The SMILES string of the molecule is COCCN(CCC(=O)OC)C(=O)c1ccc(-c2nc3ccccc3s2)o1. The predicted octanol–water partition coefficient (Wildman–Crippen LogP) is 3.21. The van der Waals surface area contributed by atoms with Gasteiger partial charge in [-0.05, 0) is 24.3 Å². The van der Waals surface area contributed by atoms with E-state index in [9.17, 15) is 9.59 Å². The van der Waals surface area contributed by atoms with Crippen LogP contribution < -0.4 is 0 Å². The molecule has 3 rings (SSSR count). The van der Waals surface area contributed by atoms with Gasteiger partial charge in [-0.3, -0.25) is 9.59 Å². The summed E-state index contributed by atoms with van der Waals surface area (Å²) in [5.74, 6) is 0.0626. The van der Waals surface area contributed by atoms with Gasteiger partial charge in [-0.2, -0.15) is 0 Å². The van der Waals surface area contributed by atoms with E-state index >= 15 is 0 Å². The lowest BCUT2D eigenvalue weighted by molar-refractivity contribution is -0.140. The topological polar surface area (TPSA) is 81.9 Å². The zero-order valence-corrected chi connectivity index (χ0v) is 16.0. The molecule has 0 atom stereocenters. The third kappa shape index (κ3) is 4.53. The van der Waals surface area contributed by atoms with Crippen LogP contribution in [0.2, 0.25) is 0 Å².